The molecule has 0 aliphatic heterocycles. The predicted octanol–water partition coefficient (Wildman–Crippen LogP) is 3.32. The van der Waals surface area contributed by atoms with E-state index < -0.39 is 6.10 Å². The van der Waals surface area contributed by atoms with E-state index in [-0.39, 0.29) is 5.41 Å². The number of aliphatic hydroxyl groups is 1. The first-order chi connectivity index (χ1) is 8.88. The Morgan fingerprint density at radius 3 is 2.68 bits per heavy atom. The lowest BCUT2D eigenvalue weighted by atomic mass is 9.88. The molecule has 0 bridgehead atoms. The highest BCUT2D eigenvalue weighted by atomic mass is 16.3. The summed E-state index contributed by atoms with van der Waals surface area (Å²) < 4.78 is 2.02. The summed E-state index contributed by atoms with van der Waals surface area (Å²) in [5, 5.41) is 10.4. The molecular formula is C16H22N2O. The highest BCUT2D eigenvalue weighted by Gasteiger charge is 2.27. The number of hydrogen-bond donors (Lipinski definition) is 1. The average molecular weight is 258 g/mol. The third-order valence-electron chi connectivity index (χ3n) is 3.25. The minimum Gasteiger partial charge on any atom is -0.385 e. The Bertz CT molecular complexity index is 552. The van der Waals surface area contributed by atoms with E-state index in [4.69, 9.17) is 0 Å². The molecule has 0 spiro atoms. The largest absolute Gasteiger partial charge is 0.385 e. The van der Waals surface area contributed by atoms with Gasteiger partial charge in [0.2, 0.25) is 0 Å². The van der Waals surface area contributed by atoms with Crippen LogP contribution in [0, 0.1) is 12.3 Å². The van der Waals surface area contributed by atoms with Gasteiger partial charge in [0.25, 0.3) is 0 Å². The van der Waals surface area contributed by atoms with Crippen molar-refractivity contribution in [2.24, 2.45) is 5.41 Å². The number of imidazole rings is 1. The fourth-order valence-corrected chi connectivity index (χ4v) is 2.10. The maximum atomic E-state index is 10.4. The fraction of sp³-hybridized carbons (Fsp3) is 0.438. The summed E-state index contributed by atoms with van der Waals surface area (Å²) in [5.74, 6) is 0.731. The Kier molecular flexibility index (Phi) is 3.76. The van der Waals surface area contributed by atoms with E-state index in [9.17, 15) is 5.11 Å². The standard InChI is InChI=1S/C16H22N2O/c1-12-6-5-7-13(10-12)11-18-9-8-17-15(18)14(19)16(2,3)4/h5-10,14,19H,11H2,1-4H3. The lowest BCUT2D eigenvalue weighted by molar-refractivity contribution is 0.0520. The number of aromatic nitrogens is 2. The van der Waals surface area contributed by atoms with Crippen molar-refractivity contribution in [1.82, 2.24) is 9.55 Å². The fourth-order valence-electron chi connectivity index (χ4n) is 2.10. The number of hydrogen-bond acceptors (Lipinski definition) is 2. The molecule has 2 rings (SSSR count). The molecule has 19 heavy (non-hydrogen) atoms. The number of aryl methyl sites for hydroxylation is 1. The quantitative estimate of drug-likeness (QED) is 0.917. The second-order valence-electron chi connectivity index (χ2n) is 6.17. The van der Waals surface area contributed by atoms with Crippen molar-refractivity contribution in [2.45, 2.75) is 40.3 Å². The van der Waals surface area contributed by atoms with Crippen LogP contribution in [0.1, 0.15) is 43.8 Å². The highest BCUT2D eigenvalue weighted by molar-refractivity contribution is 5.23. The Hall–Kier alpha value is -1.61. The van der Waals surface area contributed by atoms with Crippen LogP contribution in [0.2, 0.25) is 0 Å². The predicted molar refractivity (Wildman–Crippen MR) is 76.9 cm³/mol. The van der Waals surface area contributed by atoms with Crippen LogP contribution in [-0.4, -0.2) is 14.7 Å². The number of nitrogens with zero attached hydrogens (tertiary/aromatic N) is 2. The van der Waals surface area contributed by atoms with Gasteiger partial charge in [-0.05, 0) is 17.9 Å². The topological polar surface area (TPSA) is 38.0 Å². The van der Waals surface area contributed by atoms with E-state index in [0.717, 1.165) is 12.4 Å². The van der Waals surface area contributed by atoms with Gasteiger partial charge in [0.05, 0.1) is 0 Å². The maximum Gasteiger partial charge on any atom is 0.138 e. The van der Waals surface area contributed by atoms with E-state index in [0.29, 0.717) is 0 Å². The first-order valence-corrected chi connectivity index (χ1v) is 6.62. The zero-order valence-corrected chi connectivity index (χ0v) is 12.1. The minimum atomic E-state index is -0.563. The molecule has 3 heteroatoms. The van der Waals surface area contributed by atoms with E-state index in [1.165, 1.54) is 11.1 Å². The van der Waals surface area contributed by atoms with Crippen LogP contribution in [0.25, 0.3) is 0 Å². The summed E-state index contributed by atoms with van der Waals surface area (Å²) in [6.45, 7) is 8.88. The van der Waals surface area contributed by atoms with E-state index in [1.807, 2.05) is 31.5 Å². The number of benzene rings is 1. The van der Waals surface area contributed by atoms with Gasteiger partial charge in [0, 0.05) is 18.9 Å². The van der Waals surface area contributed by atoms with Crippen LogP contribution in [-0.2, 0) is 6.54 Å². The normalized spacial score (nSPS) is 13.5. The van der Waals surface area contributed by atoms with Crippen LogP contribution in [0.3, 0.4) is 0 Å². The molecule has 0 amide bonds. The van der Waals surface area contributed by atoms with E-state index in [1.54, 1.807) is 6.20 Å². The van der Waals surface area contributed by atoms with Crippen LogP contribution < -0.4 is 0 Å². The minimum absolute atomic E-state index is 0.213. The van der Waals surface area contributed by atoms with Crippen LogP contribution in [0.15, 0.2) is 36.7 Å². The molecule has 2 aromatic rings. The van der Waals surface area contributed by atoms with Crippen LogP contribution in [0.5, 0.6) is 0 Å². The van der Waals surface area contributed by atoms with Gasteiger partial charge >= 0.3 is 0 Å². The zero-order valence-electron chi connectivity index (χ0n) is 12.1. The molecule has 0 fully saturated rings. The molecule has 1 aromatic heterocycles. The lowest BCUT2D eigenvalue weighted by Crippen LogP contribution is -2.22. The van der Waals surface area contributed by atoms with Crippen molar-refractivity contribution in [3.63, 3.8) is 0 Å². The summed E-state index contributed by atoms with van der Waals surface area (Å²) in [6, 6.07) is 8.40. The summed E-state index contributed by atoms with van der Waals surface area (Å²) in [5.41, 5.74) is 2.26. The van der Waals surface area contributed by atoms with Gasteiger partial charge in [-0.25, -0.2) is 4.98 Å². The monoisotopic (exact) mass is 258 g/mol. The van der Waals surface area contributed by atoms with Crippen molar-refractivity contribution in [3.8, 4) is 0 Å². The third kappa shape index (κ3) is 3.24. The molecule has 1 unspecified atom stereocenters. The molecule has 0 saturated carbocycles. The van der Waals surface area contributed by atoms with E-state index >= 15 is 0 Å². The van der Waals surface area contributed by atoms with Crippen LogP contribution in [0.4, 0.5) is 0 Å². The Labute approximate surface area is 114 Å². The average Bonchev–Trinajstić information content (AvgIpc) is 2.74. The summed E-state index contributed by atoms with van der Waals surface area (Å²) >= 11 is 0. The van der Waals surface area contributed by atoms with Gasteiger partial charge in [-0.2, -0.15) is 0 Å². The van der Waals surface area contributed by atoms with E-state index in [2.05, 4.69) is 36.2 Å². The van der Waals surface area contributed by atoms with Crippen molar-refractivity contribution >= 4 is 0 Å². The molecule has 1 atom stereocenters. The number of aliphatic hydroxyl groups excluding tert-OH is 1. The first kappa shape index (κ1) is 13.8. The summed E-state index contributed by atoms with van der Waals surface area (Å²) in [4.78, 5) is 4.31. The smallest absolute Gasteiger partial charge is 0.138 e. The zero-order chi connectivity index (χ0) is 14.0. The molecule has 0 saturated heterocycles. The van der Waals surface area contributed by atoms with Crippen molar-refractivity contribution in [3.05, 3.63) is 53.6 Å². The second-order valence-corrected chi connectivity index (χ2v) is 6.17. The Balaban J connectivity index is 2.25. The molecule has 0 aliphatic rings. The molecule has 0 radical (unpaired) electrons. The Morgan fingerprint density at radius 1 is 1.32 bits per heavy atom. The molecule has 1 aromatic carbocycles. The van der Waals surface area contributed by atoms with Gasteiger partial charge in [0.1, 0.15) is 11.9 Å². The highest BCUT2D eigenvalue weighted by Crippen LogP contribution is 2.31. The summed E-state index contributed by atoms with van der Waals surface area (Å²) in [7, 11) is 0. The van der Waals surface area contributed by atoms with Crippen molar-refractivity contribution < 1.29 is 5.11 Å². The molecular weight excluding hydrogens is 236 g/mol. The molecule has 3 nitrogen and oxygen atoms in total. The van der Waals surface area contributed by atoms with Gasteiger partial charge in [-0.15, -0.1) is 0 Å². The Morgan fingerprint density at radius 2 is 2.05 bits per heavy atom. The maximum absolute atomic E-state index is 10.4. The van der Waals surface area contributed by atoms with Gasteiger partial charge in [-0.3, -0.25) is 0 Å². The van der Waals surface area contributed by atoms with Gasteiger partial charge in [0.15, 0.2) is 0 Å². The molecule has 1 heterocycles. The van der Waals surface area contributed by atoms with Gasteiger partial charge < -0.3 is 9.67 Å². The SMILES string of the molecule is Cc1cccc(Cn2ccnc2C(O)C(C)(C)C)c1. The molecule has 1 N–H and O–H groups in total. The van der Waals surface area contributed by atoms with Crippen LogP contribution >= 0.6 is 0 Å². The van der Waals surface area contributed by atoms with Crippen molar-refractivity contribution in [2.75, 3.05) is 0 Å². The van der Waals surface area contributed by atoms with Crippen molar-refractivity contribution in [1.29, 1.82) is 0 Å². The summed E-state index contributed by atoms with van der Waals surface area (Å²) in [6.07, 6.45) is 3.11. The van der Waals surface area contributed by atoms with Gasteiger partial charge in [-0.1, -0.05) is 50.6 Å². The second kappa shape index (κ2) is 5.17. The first-order valence-electron chi connectivity index (χ1n) is 6.62. The molecule has 0 aliphatic carbocycles. The molecule has 102 valence electrons. The lowest BCUT2D eigenvalue weighted by Gasteiger charge is -2.26. The number of rotatable bonds is 3. The third-order valence-corrected chi connectivity index (χ3v) is 3.25.